The van der Waals surface area contributed by atoms with Crippen LogP contribution in [0.5, 0.6) is 0 Å². The van der Waals surface area contributed by atoms with E-state index < -0.39 is 71.3 Å². The number of anilines is 6. The molecule has 6 amide bonds. The Bertz CT molecular complexity index is 6200. The number of nitrogens with zero attached hydrogens (tertiary/aromatic N) is 18. The molecular weight excluding hydrogens is 1770 g/mol. The minimum atomic E-state index is -1.00. The van der Waals surface area contributed by atoms with Gasteiger partial charge in [-0.15, -0.1) is 38.0 Å². The van der Waals surface area contributed by atoms with E-state index in [0.29, 0.717) is 63.8 Å². The van der Waals surface area contributed by atoms with E-state index in [1.807, 2.05) is 57.2 Å². The van der Waals surface area contributed by atoms with Crippen molar-refractivity contribution in [3.05, 3.63) is 181 Å². The van der Waals surface area contributed by atoms with Crippen LogP contribution in [0.3, 0.4) is 0 Å². The number of aryl methyl sites for hydroxylation is 6. The molecule has 0 radical (unpaired) electrons. The molecule has 666 valence electrons. The second-order valence-electron chi connectivity index (χ2n) is 27.4. The lowest BCUT2D eigenvalue weighted by Crippen LogP contribution is -2.35. The molecule has 0 bridgehead atoms. The second kappa shape index (κ2) is 48.2. The number of carbonyl (C=O) groups excluding carboxylic acids is 6. The Hall–Kier alpha value is -14.6. The molecule has 0 aliphatic carbocycles. The van der Waals surface area contributed by atoms with Crippen molar-refractivity contribution in [2.75, 3.05) is 91.5 Å². The fraction of sp³-hybridized carbons (Fsp3) is 0.267. The molecule has 30 nitrogen and oxygen atoms in total. The van der Waals surface area contributed by atoms with Crippen LogP contribution < -0.4 is 29.4 Å². The Kier molecular flexibility index (Phi) is 38.0. The maximum Gasteiger partial charge on any atom is 0.416 e. The topological polar surface area (TPSA) is 332 Å². The second-order valence-corrected chi connectivity index (χ2v) is 33.3. The summed E-state index contributed by atoms with van der Waals surface area (Å²) >= 11 is 7.98. The standard InChI is InChI=1S/C16H16FN3O2S.C16H17N3O2S.C15H14FN3O2S.C15H15N3O2S.C14H12FN3O2S.C14H13N3O2S/c1-6-16(3,4)22-15(21)20(5)14-10(2)19-13(23-14)11-7-12(17)9-18-8-11;1-6-16(3,4)21-15(20)19(5)14-11(2)18-13(22-14)12-8-7-9-17-10-12;1-4-5-6-21-15(20)19(3)14-10(2)18-13(22-14)11-7-12(16)9-17-8-11;1-5-10(2)20-15(19)18(4)14-11(3)17-13(21-14)12-7-6-8-16-9-12;1-4-5-20-14(19)18(3)13-9(2)17-12(21-13)10-6-11(15)8-16-7-10;1-4-8-19-14(18)17(3)13-10(2)16-12(20-13)11-6-5-7-15-9-11/h1,7-9H,2-5H3;1,7-10H,2-5H3;7-9H,6H2,1-3H3;1,6-10H,2-4H3;1,6-8H,5H2,2-3H3;1,5-7,9H,8H2,2-3H3. The zero-order valence-corrected chi connectivity index (χ0v) is 78.1. The molecule has 12 aromatic heterocycles. The van der Waals surface area contributed by atoms with E-state index >= 15 is 0 Å². The third-order valence-electron chi connectivity index (χ3n) is 16.6. The van der Waals surface area contributed by atoms with E-state index in [1.54, 1.807) is 142 Å². The highest BCUT2D eigenvalue weighted by Gasteiger charge is 2.30. The third kappa shape index (κ3) is 29.5. The van der Waals surface area contributed by atoms with Crippen LogP contribution in [0.2, 0.25) is 0 Å². The summed E-state index contributed by atoms with van der Waals surface area (Å²) in [6, 6.07) is 15.3. The molecule has 0 saturated heterocycles. The van der Waals surface area contributed by atoms with Gasteiger partial charge in [0, 0.05) is 131 Å². The Morgan fingerprint density at radius 2 is 0.628 bits per heavy atom. The Morgan fingerprint density at radius 1 is 0.380 bits per heavy atom. The van der Waals surface area contributed by atoms with E-state index in [0.717, 1.165) is 82.4 Å². The Morgan fingerprint density at radius 3 is 0.860 bits per heavy atom. The van der Waals surface area contributed by atoms with E-state index in [4.69, 9.17) is 60.5 Å². The third-order valence-corrected chi connectivity index (χ3v) is 24.3. The molecule has 1 atom stereocenters. The normalized spacial score (nSPS) is 10.5. The van der Waals surface area contributed by atoms with Gasteiger partial charge in [-0.05, 0) is 138 Å². The van der Waals surface area contributed by atoms with E-state index in [1.165, 1.54) is 134 Å². The van der Waals surface area contributed by atoms with Crippen molar-refractivity contribution >= 4 is 135 Å². The molecule has 0 spiro atoms. The summed E-state index contributed by atoms with van der Waals surface area (Å²) in [7, 11) is 9.64. The molecule has 0 saturated carbocycles. The molecule has 0 fully saturated rings. The average Bonchev–Trinajstić information content (AvgIpc) is 1.72. The fourth-order valence-corrected chi connectivity index (χ4v) is 16.1. The van der Waals surface area contributed by atoms with Crippen molar-refractivity contribution in [2.24, 2.45) is 0 Å². The molecule has 0 N–H and O–H groups in total. The molecule has 0 aromatic carbocycles. The molecule has 129 heavy (non-hydrogen) atoms. The van der Waals surface area contributed by atoms with Crippen LogP contribution in [0.15, 0.2) is 129 Å². The smallest absolute Gasteiger partial charge is 0.416 e. The number of hydrogen-bond acceptors (Lipinski definition) is 30. The number of halogens is 3. The predicted molar refractivity (Wildman–Crippen MR) is 500 cm³/mol. The minimum absolute atomic E-state index is 0.0399. The summed E-state index contributed by atoms with van der Waals surface area (Å²) in [5, 5.41) is 8.16. The first-order valence-corrected chi connectivity index (χ1v) is 42.8. The number of amides is 6. The van der Waals surface area contributed by atoms with Gasteiger partial charge < -0.3 is 28.4 Å². The van der Waals surface area contributed by atoms with Crippen LogP contribution in [0, 0.1) is 133 Å². The van der Waals surface area contributed by atoms with Crippen molar-refractivity contribution in [1.82, 2.24) is 59.8 Å². The largest absolute Gasteiger partial charge is 0.436 e. The number of ether oxygens (including phenoxy) is 6. The predicted octanol–water partition coefficient (Wildman–Crippen LogP) is 19.1. The zero-order valence-electron chi connectivity index (χ0n) is 73.2. The summed E-state index contributed by atoms with van der Waals surface area (Å²) in [4.78, 5) is 130. The van der Waals surface area contributed by atoms with Gasteiger partial charge >= 0.3 is 36.6 Å². The average molecular weight is 1860 g/mol. The number of terminal acetylenes is 5. The van der Waals surface area contributed by atoms with Crippen molar-refractivity contribution in [3.63, 3.8) is 0 Å². The van der Waals surface area contributed by atoms with Gasteiger partial charge in [0.2, 0.25) is 0 Å². The lowest BCUT2D eigenvalue weighted by atomic mass is 10.1. The number of carbonyl (C=O) groups is 6. The summed E-state index contributed by atoms with van der Waals surface area (Å²) in [5.74, 6) is 15.7. The maximum absolute atomic E-state index is 13.3. The van der Waals surface area contributed by atoms with Gasteiger partial charge in [0.1, 0.15) is 77.5 Å². The zero-order chi connectivity index (χ0) is 95.0. The molecule has 0 aliphatic heterocycles. The van der Waals surface area contributed by atoms with Crippen molar-refractivity contribution < 1.29 is 70.4 Å². The lowest BCUT2D eigenvalue weighted by molar-refractivity contribution is 0.0844. The van der Waals surface area contributed by atoms with Gasteiger partial charge in [0.25, 0.3) is 0 Å². The quantitative estimate of drug-likeness (QED) is 0.0569. The highest BCUT2D eigenvalue weighted by molar-refractivity contribution is 7.21. The SMILES string of the molecule is C#CC(C)(C)OC(=O)N(C)c1sc(-c2cccnc2)nc1C.C#CC(C)(C)OC(=O)N(C)c1sc(-c2cncc(F)c2)nc1C.C#CC(C)OC(=O)N(C)c1sc(-c2cccnc2)nc1C.C#CCOC(=O)N(C)c1sc(-c2cccnc2)nc1C.C#CCOC(=O)N(C)c1sc(-c2cncc(F)c2)nc1C.CC#CCOC(=O)N(C)c1sc(-c2cncc(F)c2)nc1C. The Balaban J connectivity index is 0.000000212. The highest BCUT2D eigenvalue weighted by Crippen LogP contribution is 2.40. The first-order chi connectivity index (χ1) is 61.3. The summed E-state index contributed by atoms with van der Waals surface area (Å²) in [5.41, 5.74) is 6.66. The molecule has 12 heterocycles. The van der Waals surface area contributed by atoms with Crippen molar-refractivity contribution in [3.8, 4) is 137 Å². The summed E-state index contributed by atoms with van der Waals surface area (Å²) < 4.78 is 70.1. The molecular formula is C90H87F3N18O12S6. The molecule has 12 aromatic rings. The fourth-order valence-electron chi connectivity index (χ4n) is 10.1. The molecule has 39 heteroatoms. The van der Waals surface area contributed by atoms with Gasteiger partial charge in [-0.1, -0.05) is 104 Å². The van der Waals surface area contributed by atoms with E-state index in [-0.39, 0.29) is 19.8 Å². The first-order valence-electron chi connectivity index (χ1n) is 37.9. The van der Waals surface area contributed by atoms with Gasteiger partial charge in [-0.3, -0.25) is 59.3 Å². The number of rotatable bonds is 18. The van der Waals surface area contributed by atoms with Crippen molar-refractivity contribution in [1.29, 1.82) is 0 Å². The first kappa shape index (κ1) is 102. The number of aromatic nitrogens is 12. The van der Waals surface area contributed by atoms with Crippen LogP contribution in [0.4, 0.5) is 71.9 Å². The summed E-state index contributed by atoms with van der Waals surface area (Å²) in [6.45, 7) is 20.6. The van der Waals surface area contributed by atoms with Crippen LogP contribution in [0.25, 0.3) is 63.4 Å². The van der Waals surface area contributed by atoms with Gasteiger partial charge in [0.05, 0.1) is 52.8 Å². The monoisotopic (exact) mass is 1860 g/mol. The van der Waals surface area contributed by atoms with Gasteiger partial charge in [-0.25, -0.2) is 71.8 Å². The highest BCUT2D eigenvalue weighted by atomic mass is 32.1. The van der Waals surface area contributed by atoms with E-state index in [9.17, 15) is 41.9 Å². The number of pyridine rings is 6. The van der Waals surface area contributed by atoms with Gasteiger partial charge in [-0.2, -0.15) is 0 Å². The molecule has 12 rings (SSSR count). The minimum Gasteiger partial charge on any atom is -0.436 e. The maximum atomic E-state index is 13.3. The van der Waals surface area contributed by atoms with E-state index in [2.05, 4.69) is 101 Å². The number of thiazole rings is 6. The van der Waals surface area contributed by atoms with Crippen LogP contribution in [-0.4, -0.2) is 176 Å². The van der Waals surface area contributed by atoms with Crippen molar-refractivity contribution in [2.45, 2.75) is 100 Å². The lowest BCUT2D eigenvalue weighted by Gasteiger charge is -2.23. The van der Waals surface area contributed by atoms with Crippen LogP contribution in [0.1, 0.15) is 75.7 Å². The van der Waals surface area contributed by atoms with Crippen LogP contribution >= 0.6 is 68.0 Å². The molecule has 0 aliphatic rings. The van der Waals surface area contributed by atoms with Gasteiger partial charge in [0.15, 0.2) is 37.1 Å². The molecule has 1 unspecified atom stereocenters. The van der Waals surface area contributed by atoms with Crippen LogP contribution in [-0.2, 0) is 28.4 Å². The number of hydrogen-bond donors (Lipinski definition) is 0. The Labute approximate surface area is 769 Å². The summed E-state index contributed by atoms with van der Waals surface area (Å²) in [6.07, 6.45) is 40.5.